The Kier molecular flexibility index (Phi) is 2.91. The molecule has 0 aromatic heterocycles. The molecule has 0 spiro atoms. The molecule has 1 saturated carbocycles. The molecule has 0 atom stereocenters. The van der Waals surface area contributed by atoms with Crippen LogP contribution in [0.1, 0.15) is 43.7 Å². The van der Waals surface area contributed by atoms with Gasteiger partial charge < -0.3 is 5.11 Å². The second kappa shape index (κ2) is 3.91. The summed E-state index contributed by atoms with van der Waals surface area (Å²) in [6.07, 6.45) is 2.71. The second-order valence-electron chi connectivity index (χ2n) is 4.95. The fraction of sp³-hybridized carbons (Fsp3) is 0.538. The molecule has 15 heavy (non-hydrogen) atoms. The Morgan fingerprint density at radius 3 is 2.53 bits per heavy atom. The fourth-order valence-electron chi connectivity index (χ4n) is 1.81. The molecule has 0 radical (unpaired) electrons. The lowest BCUT2D eigenvalue weighted by Gasteiger charge is -2.12. The summed E-state index contributed by atoms with van der Waals surface area (Å²) in [7, 11) is 0. The summed E-state index contributed by atoms with van der Waals surface area (Å²) in [6.45, 7) is 4.38. The van der Waals surface area contributed by atoms with E-state index >= 15 is 0 Å². The zero-order valence-electron chi connectivity index (χ0n) is 9.26. The van der Waals surface area contributed by atoms with E-state index in [0.29, 0.717) is 5.92 Å². The van der Waals surface area contributed by atoms with Crippen LogP contribution >= 0.6 is 15.9 Å². The third kappa shape index (κ3) is 2.82. The highest BCUT2D eigenvalue weighted by molar-refractivity contribution is 9.10. The predicted octanol–water partition coefficient (Wildman–Crippen LogP) is 3.64. The van der Waals surface area contributed by atoms with Crippen LogP contribution in [0.15, 0.2) is 22.7 Å². The molecule has 1 fully saturated rings. The minimum absolute atomic E-state index is 0.394. The average Bonchev–Trinajstić information content (AvgIpc) is 2.81. The molecule has 2 heteroatoms. The third-order valence-corrected chi connectivity index (χ3v) is 3.46. The van der Waals surface area contributed by atoms with Crippen LogP contribution in [0.4, 0.5) is 0 Å². The SMILES string of the molecule is CC(C)c1cc(Br)cc(CC2(O)CC2)c1. The maximum Gasteiger partial charge on any atom is 0.0690 e. The van der Waals surface area contributed by atoms with Gasteiger partial charge in [0.25, 0.3) is 0 Å². The number of halogens is 1. The highest BCUT2D eigenvalue weighted by Crippen LogP contribution is 2.39. The topological polar surface area (TPSA) is 20.2 Å². The van der Waals surface area contributed by atoms with Gasteiger partial charge >= 0.3 is 0 Å². The molecule has 0 heterocycles. The van der Waals surface area contributed by atoms with Crippen molar-refractivity contribution in [2.45, 2.75) is 44.6 Å². The highest BCUT2D eigenvalue weighted by atomic mass is 79.9. The largest absolute Gasteiger partial charge is 0.390 e. The van der Waals surface area contributed by atoms with E-state index in [1.54, 1.807) is 0 Å². The first-order valence-corrected chi connectivity index (χ1v) is 6.30. The molecule has 1 aromatic carbocycles. The van der Waals surface area contributed by atoms with E-state index < -0.39 is 5.60 Å². The van der Waals surface area contributed by atoms with Gasteiger partial charge in [-0.05, 0) is 42.0 Å². The van der Waals surface area contributed by atoms with Crippen molar-refractivity contribution >= 4 is 15.9 Å². The highest BCUT2D eigenvalue weighted by Gasteiger charge is 2.40. The number of hydrogen-bond acceptors (Lipinski definition) is 1. The second-order valence-corrected chi connectivity index (χ2v) is 5.86. The van der Waals surface area contributed by atoms with Crippen molar-refractivity contribution in [1.82, 2.24) is 0 Å². The Balaban J connectivity index is 2.23. The van der Waals surface area contributed by atoms with Crippen molar-refractivity contribution in [1.29, 1.82) is 0 Å². The molecule has 1 N–H and O–H groups in total. The first-order chi connectivity index (χ1) is 6.98. The van der Waals surface area contributed by atoms with Crippen LogP contribution in [0.3, 0.4) is 0 Å². The van der Waals surface area contributed by atoms with Crippen molar-refractivity contribution < 1.29 is 5.11 Å². The van der Waals surface area contributed by atoms with Gasteiger partial charge in [0.15, 0.2) is 0 Å². The molecule has 0 amide bonds. The van der Waals surface area contributed by atoms with Gasteiger partial charge in [0.05, 0.1) is 5.60 Å². The van der Waals surface area contributed by atoms with Crippen molar-refractivity contribution in [3.05, 3.63) is 33.8 Å². The van der Waals surface area contributed by atoms with Crippen molar-refractivity contribution in [2.75, 3.05) is 0 Å². The third-order valence-electron chi connectivity index (χ3n) is 3.01. The van der Waals surface area contributed by atoms with Gasteiger partial charge in [-0.15, -0.1) is 0 Å². The normalized spacial score (nSPS) is 18.2. The molecule has 82 valence electrons. The number of hydrogen-bond donors (Lipinski definition) is 1. The van der Waals surface area contributed by atoms with Crippen LogP contribution in [-0.2, 0) is 6.42 Å². The Hall–Kier alpha value is -0.340. The lowest BCUT2D eigenvalue weighted by Crippen LogP contribution is -2.10. The van der Waals surface area contributed by atoms with Crippen LogP contribution in [0.5, 0.6) is 0 Å². The maximum atomic E-state index is 9.89. The molecule has 1 aromatic rings. The standard InChI is InChI=1S/C13H17BrO/c1-9(2)11-5-10(6-12(14)7-11)8-13(15)3-4-13/h5-7,9,15H,3-4,8H2,1-2H3. The predicted molar refractivity (Wildman–Crippen MR) is 66.1 cm³/mol. The van der Waals surface area contributed by atoms with Crippen LogP contribution in [0, 0.1) is 0 Å². The van der Waals surface area contributed by atoms with Crippen LogP contribution in [0.2, 0.25) is 0 Å². The zero-order chi connectivity index (χ0) is 11.1. The van der Waals surface area contributed by atoms with Crippen LogP contribution in [-0.4, -0.2) is 10.7 Å². The molecule has 0 bridgehead atoms. The maximum absolute atomic E-state index is 9.89. The van der Waals surface area contributed by atoms with Gasteiger partial charge in [-0.3, -0.25) is 0 Å². The van der Waals surface area contributed by atoms with Gasteiger partial charge in [-0.1, -0.05) is 35.8 Å². The Bertz CT molecular complexity index is 367. The monoisotopic (exact) mass is 268 g/mol. The average molecular weight is 269 g/mol. The van der Waals surface area contributed by atoms with E-state index in [0.717, 1.165) is 23.7 Å². The van der Waals surface area contributed by atoms with Crippen molar-refractivity contribution in [2.24, 2.45) is 0 Å². The molecule has 1 nitrogen and oxygen atoms in total. The molecule has 0 aliphatic heterocycles. The van der Waals surface area contributed by atoms with E-state index in [2.05, 4.69) is 48.0 Å². The molecule has 1 aliphatic carbocycles. The lowest BCUT2D eigenvalue weighted by molar-refractivity contribution is 0.151. The van der Waals surface area contributed by atoms with E-state index in [1.807, 2.05) is 0 Å². The number of rotatable bonds is 3. The minimum Gasteiger partial charge on any atom is -0.390 e. The van der Waals surface area contributed by atoms with Crippen LogP contribution < -0.4 is 0 Å². The van der Waals surface area contributed by atoms with Crippen molar-refractivity contribution in [3.8, 4) is 0 Å². The lowest BCUT2D eigenvalue weighted by atomic mass is 9.98. The van der Waals surface area contributed by atoms with E-state index in [9.17, 15) is 5.11 Å². The smallest absolute Gasteiger partial charge is 0.0690 e. The number of aliphatic hydroxyl groups is 1. The first kappa shape index (κ1) is 11.2. The minimum atomic E-state index is -0.394. The summed E-state index contributed by atoms with van der Waals surface area (Å²) in [5.41, 5.74) is 2.19. The molecular weight excluding hydrogens is 252 g/mol. The van der Waals surface area contributed by atoms with Gasteiger partial charge in [0.2, 0.25) is 0 Å². The molecule has 1 aliphatic rings. The van der Waals surface area contributed by atoms with Gasteiger partial charge in [-0.2, -0.15) is 0 Å². The Labute approximate surface area is 99.6 Å². The zero-order valence-corrected chi connectivity index (χ0v) is 10.8. The summed E-state index contributed by atoms with van der Waals surface area (Å²) >= 11 is 3.53. The quantitative estimate of drug-likeness (QED) is 0.888. The van der Waals surface area contributed by atoms with Gasteiger partial charge in [-0.25, -0.2) is 0 Å². The van der Waals surface area contributed by atoms with Gasteiger partial charge in [0, 0.05) is 10.9 Å². The molecular formula is C13H17BrO. The number of benzene rings is 1. The summed E-state index contributed by atoms with van der Waals surface area (Å²) in [5.74, 6) is 0.537. The van der Waals surface area contributed by atoms with Crippen LogP contribution in [0.25, 0.3) is 0 Å². The summed E-state index contributed by atoms with van der Waals surface area (Å²) in [5, 5.41) is 9.89. The Morgan fingerprint density at radius 2 is 2.00 bits per heavy atom. The van der Waals surface area contributed by atoms with E-state index in [4.69, 9.17) is 0 Å². The first-order valence-electron chi connectivity index (χ1n) is 5.50. The summed E-state index contributed by atoms with van der Waals surface area (Å²) < 4.78 is 1.12. The molecule has 0 saturated heterocycles. The molecule has 2 rings (SSSR count). The fourth-order valence-corrected chi connectivity index (χ4v) is 2.37. The van der Waals surface area contributed by atoms with Gasteiger partial charge in [0.1, 0.15) is 0 Å². The summed E-state index contributed by atoms with van der Waals surface area (Å²) in [6, 6.07) is 6.49. The molecule has 0 unspecified atom stereocenters. The Morgan fingerprint density at radius 1 is 1.33 bits per heavy atom. The van der Waals surface area contributed by atoms with E-state index in [-0.39, 0.29) is 0 Å². The van der Waals surface area contributed by atoms with Crippen molar-refractivity contribution in [3.63, 3.8) is 0 Å². The van der Waals surface area contributed by atoms with E-state index in [1.165, 1.54) is 11.1 Å². The summed E-state index contributed by atoms with van der Waals surface area (Å²) in [4.78, 5) is 0.